The molecule has 2 N–H and O–H groups in total. The van der Waals surface area contributed by atoms with Gasteiger partial charge in [-0.1, -0.05) is 37.3 Å². The average molecular weight is 538 g/mol. The van der Waals surface area contributed by atoms with E-state index < -0.39 is 17.5 Å². The van der Waals surface area contributed by atoms with Gasteiger partial charge >= 0.3 is 0 Å². The van der Waals surface area contributed by atoms with E-state index >= 15 is 0 Å². The Kier molecular flexibility index (Phi) is 9.90. The zero-order valence-corrected chi connectivity index (χ0v) is 23.3. The van der Waals surface area contributed by atoms with Crippen LogP contribution in [0.2, 0.25) is 0 Å². The summed E-state index contributed by atoms with van der Waals surface area (Å²) < 4.78 is 10.7. The molecule has 0 unspecified atom stereocenters. The van der Waals surface area contributed by atoms with Crippen LogP contribution in [-0.2, 0) is 16.1 Å². The Labute approximate surface area is 228 Å². The number of carbonyl (C=O) groups excluding carboxylic acids is 3. The molecule has 1 atom stereocenters. The van der Waals surface area contributed by atoms with E-state index in [2.05, 4.69) is 10.6 Å². The average Bonchev–Trinajstić information content (AvgIpc) is 3.47. The van der Waals surface area contributed by atoms with Crippen molar-refractivity contribution in [2.75, 3.05) is 20.8 Å². The Morgan fingerprint density at radius 1 is 0.974 bits per heavy atom. The maximum atomic E-state index is 13.8. The van der Waals surface area contributed by atoms with E-state index in [9.17, 15) is 14.4 Å². The molecule has 0 aliphatic rings. The van der Waals surface area contributed by atoms with Crippen molar-refractivity contribution < 1.29 is 23.9 Å². The monoisotopic (exact) mass is 537 g/mol. The molecule has 202 valence electrons. The Hall–Kier alpha value is -3.85. The Bertz CT molecular complexity index is 1230. The third-order valence-electron chi connectivity index (χ3n) is 6.29. The molecule has 1 aromatic heterocycles. The molecule has 9 heteroatoms. The number of methoxy groups -OCH3 is 2. The van der Waals surface area contributed by atoms with Gasteiger partial charge in [0.25, 0.3) is 5.91 Å². The normalized spacial score (nSPS) is 11.8. The van der Waals surface area contributed by atoms with Crippen molar-refractivity contribution in [2.45, 2.75) is 45.3 Å². The molecule has 0 fully saturated rings. The van der Waals surface area contributed by atoms with Crippen molar-refractivity contribution >= 4 is 29.1 Å². The van der Waals surface area contributed by atoms with Gasteiger partial charge in [0.2, 0.25) is 11.8 Å². The fourth-order valence-electron chi connectivity index (χ4n) is 3.78. The number of carbonyl (C=O) groups is 3. The van der Waals surface area contributed by atoms with Crippen LogP contribution in [0.5, 0.6) is 11.5 Å². The second-order valence-corrected chi connectivity index (χ2v) is 10.4. The van der Waals surface area contributed by atoms with Gasteiger partial charge in [-0.25, -0.2) is 0 Å². The summed E-state index contributed by atoms with van der Waals surface area (Å²) in [6.45, 7) is 5.73. The van der Waals surface area contributed by atoms with Crippen LogP contribution < -0.4 is 20.1 Å². The number of nitrogens with one attached hydrogen (secondary N) is 2. The molecule has 38 heavy (non-hydrogen) atoms. The Balaban J connectivity index is 2.00. The topological polar surface area (TPSA) is 97.0 Å². The fraction of sp³-hybridized carbons (Fsp3) is 0.345. The molecule has 0 spiro atoms. The highest BCUT2D eigenvalue weighted by atomic mass is 32.1. The van der Waals surface area contributed by atoms with Gasteiger partial charge in [-0.2, -0.15) is 0 Å². The summed E-state index contributed by atoms with van der Waals surface area (Å²) in [5.41, 5.74) is 0.913. The largest absolute Gasteiger partial charge is 0.497 e. The first-order valence-corrected chi connectivity index (χ1v) is 13.3. The molecule has 2 aromatic carbocycles. The standard InChI is InChI=1S/C29H35N3O5S/c1-6-29(2,3)31-28(35)26(21-9-7-10-23(17-21)37-5)32(19-20-12-14-22(36-4)15-13-20)25(33)18-30-27(34)24-11-8-16-38-24/h7-17,26H,6,18-19H2,1-5H3,(H,30,34)(H,31,35)/t26-/m0/s1. The van der Waals surface area contributed by atoms with E-state index in [0.29, 0.717) is 28.4 Å². The molecule has 0 aliphatic heterocycles. The summed E-state index contributed by atoms with van der Waals surface area (Å²) in [6, 6.07) is 16.9. The summed E-state index contributed by atoms with van der Waals surface area (Å²) >= 11 is 1.29. The van der Waals surface area contributed by atoms with Crippen molar-refractivity contribution in [3.63, 3.8) is 0 Å². The molecule has 3 aromatic rings. The number of thiophene rings is 1. The second kappa shape index (κ2) is 13.1. The van der Waals surface area contributed by atoms with Crippen LogP contribution >= 0.6 is 11.3 Å². The predicted molar refractivity (Wildman–Crippen MR) is 148 cm³/mol. The molecule has 3 amide bonds. The van der Waals surface area contributed by atoms with Crippen LogP contribution in [-0.4, -0.2) is 48.9 Å². The number of nitrogens with zero attached hydrogens (tertiary/aromatic N) is 1. The van der Waals surface area contributed by atoms with Gasteiger partial charge in [0.05, 0.1) is 25.6 Å². The maximum absolute atomic E-state index is 13.8. The fourth-order valence-corrected chi connectivity index (χ4v) is 4.42. The molecule has 0 saturated heterocycles. The first-order valence-electron chi connectivity index (χ1n) is 12.4. The van der Waals surface area contributed by atoms with Crippen molar-refractivity contribution in [1.29, 1.82) is 0 Å². The predicted octanol–water partition coefficient (Wildman–Crippen LogP) is 4.57. The number of amides is 3. The Morgan fingerprint density at radius 2 is 1.68 bits per heavy atom. The molecule has 1 heterocycles. The first-order chi connectivity index (χ1) is 18.2. The van der Waals surface area contributed by atoms with Gasteiger partial charge in [-0.3, -0.25) is 14.4 Å². The van der Waals surface area contributed by atoms with Gasteiger partial charge in [-0.15, -0.1) is 11.3 Å². The van der Waals surface area contributed by atoms with E-state index in [1.165, 1.54) is 16.2 Å². The Morgan fingerprint density at radius 3 is 2.29 bits per heavy atom. The number of benzene rings is 2. The first kappa shape index (κ1) is 28.7. The molecule has 0 radical (unpaired) electrons. The van der Waals surface area contributed by atoms with Crippen molar-refractivity contribution in [2.24, 2.45) is 0 Å². The van der Waals surface area contributed by atoms with E-state index in [1.807, 2.05) is 32.9 Å². The molecule has 8 nitrogen and oxygen atoms in total. The lowest BCUT2D eigenvalue weighted by atomic mass is 9.98. The SMILES string of the molecule is CCC(C)(C)NC(=O)[C@H](c1cccc(OC)c1)N(Cc1ccc(OC)cc1)C(=O)CNC(=O)c1cccs1. The minimum absolute atomic E-state index is 0.138. The minimum atomic E-state index is -0.968. The van der Waals surface area contributed by atoms with Crippen molar-refractivity contribution in [3.8, 4) is 11.5 Å². The molecule has 3 rings (SSSR count). The van der Waals surface area contributed by atoms with Crippen LogP contribution in [0, 0.1) is 0 Å². The van der Waals surface area contributed by atoms with Gasteiger partial charge in [-0.05, 0) is 67.1 Å². The molecular formula is C29H35N3O5S. The summed E-state index contributed by atoms with van der Waals surface area (Å²) in [5.74, 6) is 0.186. The summed E-state index contributed by atoms with van der Waals surface area (Å²) in [7, 11) is 3.13. The highest BCUT2D eigenvalue weighted by Crippen LogP contribution is 2.28. The van der Waals surface area contributed by atoms with E-state index in [4.69, 9.17) is 9.47 Å². The third kappa shape index (κ3) is 7.58. The minimum Gasteiger partial charge on any atom is -0.497 e. The van der Waals surface area contributed by atoms with E-state index in [1.54, 1.807) is 68.1 Å². The molecular weight excluding hydrogens is 502 g/mol. The second-order valence-electron chi connectivity index (χ2n) is 9.44. The summed E-state index contributed by atoms with van der Waals surface area (Å²) in [4.78, 5) is 42.1. The lowest BCUT2D eigenvalue weighted by Gasteiger charge is -2.35. The van der Waals surface area contributed by atoms with Gasteiger partial charge in [0.15, 0.2) is 0 Å². The highest BCUT2D eigenvalue weighted by molar-refractivity contribution is 7.12. The number of ether oxygens (including phenoxy) is 2. The van der Waals surface area contributed by atoms with E-state index in [-0.39, 0.29) is 24.9 Å². The van der Waals surface area contributed by atoms with Crippen LogP contribution in [0.25, 0.3) is 0 Å². The summed E-state index contributed by atoms with van der Waals surface area (Å²) in [6.07, 6.45) is 0.701. The van der Waals surface area contributed by atoms with Gasteiger partial charge in [0, 0.05) is 12.1 Å². The smallest absolute Gasteiger partial charge is 0.261 e. The highest BCUT2D eigenvalue weighted by Gasteiger charge is 2.34. The zero-order chi connectivity index (χ0) is 27.7. The van der Waals surface area contributed by atoms with Crippen molar-refractivity contribution in [1.82, 2.24) is 15.5 Å². The van der Waals surface area contributed by atoms with Gasteiger partial charge < -0.3 is 25.0 Å². The molecule has 0 bridgehead atoms. The number of hydrogen-bond acceptors (Lipinski definition) is 6. The molecule has 0 aliphatic carbocycles. The third-order valence-corrected chi connectivity index (χ3v) is 7.16. The van der Waals surface area contributed by atoms with E-state index in [0.717, 1.165) is 5.56 Å². The maximum Gasteiger partial charge on any atom is 0.261 e. The number of rotatable bonds is 12. The summed E-state index contributed by atoms with van der Waals surface area (Å²) in [5, 5.41) is 7.59. The van der Waals surface area contributed by atoms with Crippen LogP contribution in [0.4, 0.5) is 0 Å². The molecule has 0 saturated carbocycles. The zero-order valence-electron chi connectivity index (χ0n) is 22.4. The lowest BCUT2D eigenvalue weighted by molar-refractivity contribution is -0.141. The van der Waals surface area contributed by atoms with Crippen molar-refractivity contribution in [3.05, 3.63) is 82.0 Å². The van der Waals surface area contributed by atoms with Gasteiger partial charge in [0.1, 0.15) is 17.5 Å². The lowest BCUT2D eigenvalue weighted by Crippen LogP contribution is -2.51. The number of hydrogen-bond donors (Lipinski definition) is 2. The van der Waals surface area contributed by atoms with Crippen LogP contribution in [0.15, 0.2) is 66.0 Å². The van der Waals surface area contributed by atoms with Crippen LogP contribution in [0.1, 0.15) is 54.0 Å². The van der Waals surface area contributed by atoms with Crippen LogP contribution in [0.3, 0.4) is 0 Å². The quantitative estimate of drug-likeness (QED) is 0.353.